The molecule has 0 aromatic heterocycles. The van der Waals surface area contributed by atoms with Crippen molar-refractivity contribution >= 4 is 12.6 Å². The van der Waals surface area contributed by atoms with Gasteiger partial charge >= 0.3 is 7.12 Å². The van der Waals surface area contributed by atoms with Gasteiger partial charge in [0.1, 0.15) is 12.4 Å². The molecule has 0 radical (unpaired) electrons. The molecular formula is C14H19BF2O3. The Balaban J connectivity index is 2.12. The van der Waals surface area contributed by atoms with Crippen molar-refractivity contribution in [3.63, 3.8) is 0 Å². The lowest BCUT2D eigenvalue weighted by Crippen LogP contribution is -2.41. The molecule has 0 N–H and O–H groups in total. The summed E-state index contributed by atoms with van der Waals surface area (Å²) in [5.74, 6) is 0.387. The second-order valence-electron chi connectivity index (χ2n) is 5.86. The van der Waals surface area contributed by atoms with Crippen LogP contribution in [0, 0.1) is 0 Å². The van der Waals surface area contributed by atoms with E-state index in [0.717, 1.165) is 5.46 Å². The van der Waals surface area contributed by atoms with E-state index in [1.807, 2.05) is 33.8 Å². The van der Waals surface area contributed by atoms with E-state index in [1.165, 1.54) is 0 Å². The van der Waals surface area contributed by atoms with Crippen LogP contribution in [-0.4, -0.2) is 31.4 Å². The molecule has 0 aliphatic carbocycles. The Labute approximate surface area is 118 Å². The molecule has 20 heavy (non-hydrogen) atoms. The molecule has 0 saturated carbocycles. The van der Waals surface area contributed by atoms with E-state index in [1.54, 1.807) is 18.2 Å². The van der Waals surface area contributed by atoms with Crippen LogP contribution >= 0.6 is 0 Å². The summed E-state index contributed by atoms with van der Waals surface area (Å²) in [5, 5.41) is 0. The van der Waals surface area contributed by atoms with Gasteiger partial charge in [-0.15, -0.1) is 0 Å². The Hall–Kier alpha value is -1.14. The summed E-state index contributed by atoms with van der Waals surface area (Å²) in [4.78, 5) is 0. The SMILES string of the molecule is CC1(C)OB(c2cccc(OCC(F)F)c2)OC1(C)C. The Kier molecular flexibility index (Phi) is 4.07. The minimum Gasteiger partial charge on any atom is -0.488 e. The van der Waals surface area contributed by atoms with Crippen LogP contribution in [0.15, 0.2) is 24.3 Å². The first-order valence-corrected chi connectivity index (χ1v) is 6.58. The predicted octanol–water partition coefficient (Wildman–Crippen LogP) is 2.63. The van der Waals surface area contributed by atoms with Crippen molar-refractivity contribution in [1.29, 1.82) is 0 Å². The zero-order valence-corrected chi connectivity index (χ0v) is 12.2. The second kappa shape index (κ2) is 5.33. The van der Waals surface area contributed by atoms with Crippen LogP contribution in [0.25, 0.3) is 0 Å². The molecule has 0 amide bonds. The van der Waals surface area contributed by atoms with E-state index in [2.05, 4.69) is 0 Å². The third kappa shape index (κ3) is 3.12. The van der Waals surface area contributed by atoms with Crippen LogP contribution in [-0.2, 0) is 9.31 Å². The summed E-state index contributed by atoms with van der Waals surface area (Å²) in [6.07, 6.45) is -2.49. The van der Waals surface area contributed by atoms with Crippen LogP contribution in [0.4, 0.5) is 8.78 Å². The largest absolute Gasteiger partial charge is 0.494 e. The van der Waals surface area contributed by atoms with Crippen molar-refractivity contribution in [2.24, 2.45) is 0 Å². The van der Waals surface area contributed by atoms with E-state index in [-0.39, 0.29) is 0 Å². The summed E-state index contributed by atoms with van der Waals surface area (Å²) in [7, 11) is -0.518. The van der Waals surface area contributed by atoms with Gasteiger partial charge in [-0.3, -0.25) is 0 Å². The molecule has 3 nitrogen and oxygen atoms in total. The molecular weight excluding hydrogens is 265 g/mol. The van der Waals surface area contributed by atoms with Gasteiger partial charge in [-0.1, -0.05) is 12.1 Å². The Bertz CT molecular complexity index is 461. The highest BCUT2D eigenvalue weighted by atomic mass is 19.3. The Morgan fingerprint density at radius 2 is 1.75 bits per heavy atom. The summed E-state index contributed by atoms with van der Waals surface area (Å²) in [6.45, 7) is 7.23. The minimum absolute atomic E-state index is 0.387. The Morgan fingerprint density at radius 3 is 2.30 bits per heavy atom. The fourth-order valence-electron chi connectivity index (χ4n) is 1.89. The van der Waals surface area contributed by atoms with Crippen LogP contribution in [0.2, 0.25) is 0 Å². The first-order valence-electron chi connectivity index (χ1n) is 6.58. The maximum atomic E-state index is 12.2. The fraction of sp³-hybridized carbons (Fsp3) is 0.571. The average molecular weight is 284 g/mol. The first-order chi connectivity index (χ1) is 9.21. The van der Waals surface area contributed by atoms with Crippen molar-refractivity contribution in [3.8, 4) is 5.75 Å². The lowest BCUT2D eigenvalue weighted by atomic mass is 9.79. The van der Waals surface area contributed by atoms with Crippen molar-refractivity contribution in [2.75, 3.05) is 6.61 Å². The van der Waals surface area contributed by atoms with E-state index >= 15 is 0 Å². The molecule has 1 aliphatic heterocycles. The molecule has 6 heteroatoms. The van der Waals surface area contributed by atoms with Crippen molar-refractivity contribution in [3.05, 3.63) is 24.3 Å². The predicted molar refractivity (Wildman–Crippen MR) is 73.7 cm³/mol. The van der Waals surface area contributed by atoms with Crippen LogP contribution < -0.4 is 10.2 Å². The number of rotatable bonds is 4. The number of hydrogen-bond donors (Lipinski definition) is 0. The molecule has 110 valence electrons. The summed E-state index contributed by atoms with van der Waals surface area (Å²) < 4.78 is 41.1. The fourth-order valence-corrected chi connectivity index (χ4v) is 1.89. The highest BCUT2D eigenvalue weighted by Crippen LogP contribution is 2.36. The molecule has 0 spiro atoms. The van der Waals surface area contributed by atoms with Gasteiger partial charge < -0.3 is 14.0 Å². The normalized spacial score (nSPS) is 20.4. The molecule has 0 bridgehead atoms. The molecule has 0 atom stereocenters. The number of hydrogen-bond acceptors (Lipinski definition) is 3. The highest BCUT2D eigenvalue weighted by molar-refractivity contribution is 6.62. The minimum atomic E-state index is -2.49. The van der Waals surface area contributed by atoms with E-state index in [4.69, 9.17) is 14.0 Å². The van der Waals surface area contributed by atoms with Crippen LogP contribution in [0.3, 0.4) is 0 Å². The van der Waals surface area contributed by atoms with Gasteiger partial charge in [-0.25, -0.2) is 8.78 Å². The molecule has 1 aliphatic rings. The van der Waals surface area contributed by atoms with Gasteiger partial charge in [0.05, 0.1) is 11.2 Å². The third-order valence-electron chi connectivity index (χ3n) is 3.76. The van der Waals surface area contributed by atoms with Crippen LogP contribution in [0.5, 0.6) is 5.75 Å². The molecule has 1 aromatic rings. The molecule has 2 rings (SSSR count). The molecule has 1 heterocycles. The molecule has 0 unspecified atom stereocenters. The van der Waals surface area contributed by atoms with Crippen molar-refractivity contribution in [1.82, 2.24) is 0 Å². The quantitative estimate of drug-likeness (QED) is 0.795. The molecule has 1 fully saturated rings. The standard InChI is InChI=1S/C14H19BF2O3/c1-13(2)14(3,4)20-15(19-13)10-6-5-7-11(8-10)18-9-12(16)17/h5-8,12H,9H2,1-4H3. The van der Waals surface area contributed by atoms with Gasteiger partial charge in [0.2, 0.25) is 0 Å². The third-order valence-corrected chi connectivity index (χ3v) is 3.76. The monoisotopic (exact) mass is 284 g/mol. The summed E-state index contributed by atoms with van der Waals surface area (Å²) >= 11 is 0. The smallest absolute Gasteiger partial charge is 0.488 e. The Morgan fingerprint density at radius 1 is 1.15 bits per heavy atom. The van der Waals surface area contributed by atoms with E-state index in [0.29, 0.717) is 5.75 Å². The van der Waals surface area contributed by atoms with Gasteiger partial charge in [0.15, 0.2) is 0 Å². The highest BCUT2D eigenvalue weighted by Gasteiger charge is 2.51. The number of ether oxygens (including phenoxy) is 1. The zero-order valence-electron chi connectivity index (χ0n) is 12.2. The number of alkyl halides is 2. The second-order valence-corrected chi connectivity index (χ2v) is 5.86. The topological polar surface area (TPSA) is 27.7 Å². The van der Waals surface area contributed by atoms with Crippen molar-refractivity contribution in [2.45, 2.75) is 45.3 Å². The average Bonchev–Trinajstić information content (AvgIpc) is 2.56. The van der Waals surface area contributed by atoms with Gasteiger partial charge in [-0.05, 0) is 45.3 Å². The van der Waals surface area contributed by atoms with Crippen molar-refractivity contribution < 1.29 is 22.8 Å². The number of halogens is 2. The molecule has 1 saturated heterocycles. The van der Waals surface area contributed by atoms with Crippen LogP contribution in [0.1, 0.15) is 27.7 Å². The molecule has 1 aromatic carbocycles. The zero-order chi connectivity index (χ0) is 15.0. The maximum Gasteiger partial charge on any atom is 0.494 e. The first kappa shape index (κ1) is 15.3. The van der Waals surface area contributed by atoms with Gasteiger partial charge in [0.25, 0.3) is 6.43 Å². The summed E-state index contributed by atoms with van der Waals surface area (Å²) in [6, 6.07) is 6.88. The van der Waals surface area contributed by atoms with Gasteiger partial charge in [0, 0.05) is 0 Å². The summed E-state index contributed by atoms with van der Waals surface area (Å²) in [5.41, 5.74) is -0.106. The lowest BCUT2D eigenvalue weighted by Gasteiger charge is -2.32. The lowest BCUT2D eigenvalue weighted by molar-refractivity contribution is 0.00578. The number of benzene rings is 1. The van der Waals surface area contributed by atoms with E-state index < -0.39 is 31.4 Å². The van der Waals surface area contributed by atoms with E-state index in [9.17, 15) is 8.78 Å². The maximum absolute atomic E-state index is 12.2. The van der Waals surface area contributed by atoms with Gasteiger partial charge in [-0.2, -0.15) is 0 Å².